The quantitative estimate of drug-likeness (QED) is 0.572. The van der Waals surface area contributed by atoms with Crippen molar-refractivity contribution in [1.29, 1.82) is 0 Å². The fraction of sp³-hybridized carbons (Fsp3) is 0.0909. The monoisotopic (exact) mass is 327 g/mol. The van der Waals surface area contributed by atoms with Crippen LogP contribution in [0.3, 0.4) is 0 Å². The third kappa shape index (κ3) is 3.66. The van der Waals surface area contributed by atoms with Crippen molar-refractivity contribution >= 4 is 5.69 Å². The van der Waals surface area contributed by atoms with Gasteiger partial charge in [0, 0.05) is 41.4 Å². The van der Waals surface area contributed by atoms with E-state index in [-0.39, 0.29) is 0 Å². The highest BCUT2D eigenvalue weighted by Crippen LogP contribution is 2.31. The lowest BCUT2D eigenvalue weighted by Gasteiger charge is -2.24. The number of anilines is 1. The van der Waals surface area contributed by atoms with E-state index in [1.165, 1.54) is 0 Å². The Morgan fingerprint density at radius 1 is 0.960 bits per heavy atom. The Hall–Kier alpha value is -3.20. The molecule has 124 valence electrons. The number of nitrogens with zero attached hydrogens (tertiary/aromatic N) is 3. The van der Waals surface area contributed by atoms with Gasteiger partial charge in [0.25, 0.3) is 0 Å². The van der Waals surface area contributed by atoms with Crippen LogP contribution in [0.1, 0.15) is 6.92 Å². The van der Waals surface area contributed by atoms with Gasteiger partial charge in [-0.05, 0) is 55.5 Å². The van der Waals surface area contributed by atoms with Crippen molar-refractivity contribution in [2.24, 2.45) is 0 Å². The molecule has 0 saturated carbocycles. The summed E-state index contributed by atoms with van der Waals surface area (Å²) in [5.41, 5.74) is 5.88. The van der Waals surface area contributed by atoms with Crippen LogP contribution in [-0.4, -0.2) is 16.5 Å². The predicted octanol–water partition coefficient (Wildman–Crippen LogP) is 5.34. The fourth-order valence-electron chi connectivity index (χ4n) is 2.79. The molecule has 0 bridgehead atoms. The van der Waals surface area contributed by atoms with Crippen LogP contribution >= 0.6 is 0 Å². The molecule has 0 amide bonds. The van der Waals surface area contributed by atoms with E-state index in [2.05, 4.69) is 53.1 Å². The zero-order valence-electron chi connectivity index (χ0n) is 14.4. The van der Waals surface area contributed by atoms with Crippen molar-refractivity contribution < 1.29 is 0 Å². The summed E-state index contributed by atoms with van der Waals surface area (Å²) in [5.74, 6) is 0. The van der Waals surface area contributed by atoms with Crippen molar-refractivity contribution in [1.82, 2.24) is 9.97 Å². The van der Waals surface area contributed by atoms with Crippen LogP contribution in [0.4, 0.5) is 5.69 Å². The zero-order valence-corrected chi connectivity index (χ0v) is 14.4. The molecule has 0 fully saturated rings. The molecule has 2 heterocycles. The minimum Gasteiger partial charge on any atom is -0.342 e. The van der Waals surface area contributed by atoms with Gasteiger partial charge in [-0.1, -0.05) is 25.3 Å². The number of pyridine rings is 2. The number of hydrogen-bond donors (Lipinski definition) is 0. The van der Waals surface area contributed by atoms with Crippen LogP contribution in [-0.2, 0) is 0 Å². The smallest absolute Gasteiger partial charge is 0.0702 e. The van der Waals surface area contributed by atoms with Crippen LogP contribution in [0.25, 0.3) is 22.5 Å². The van der Waals surface area contributed by atoms with Gasteiger partial charge in [-0.2, -0.15) is 0 Å². The summed E-state index contributed by atoms with van der Waals surface area (Å²) >= 11 is 0. The van der Waals surface area contributed by atoms with E-state index in [1.807, 2.05) is 48.8 Å². The highest BCUT2D eigenvalue weighted by atomic mass is 15.1. The summed E-state index contributed by atoms with van der Waals surface area (Å²) in [6, 6.07) is 18.2. The van der Waals surface area contributed by atoms with Gasteiger partial charge in [-0.3, -0.25) is 9.97 Å². The molecular formula is C22H21N3. The molecule has 0 radical (unpaired) electrons. The van der Waals surface area contributed by atoms with E-state index in [1.54, 1.807) is 6.08 Å². The number of aromatic nitrogens is 2. The van der Waals surface area contributed by atoms with E-state index >= 15 is 0 Å². The zero-order chi connectivity index (χ0) is 17.6. The van der Waals surface area contributed by atoms with Crippen molar-refractivity contribution in [2.75, 3.05) is 11.4 Å². The SMILES string of the molecule is C=CC(=C)N(CC)c1cc(-c2ccccn2)cc(-c2ccccn2)c1. The molecule has 0 aliphatic carbocycles. The summed E-state index contributed by atoms with van der Waals surface area (Å²) in [6.07, 6.45) is 5.39. The fourth-order valence-corrected chi connectivity index (χ4v) is 2.79. The molecule has 3 aromatic rings. The first kappa shape index (κ1) is 16.7. The minimum atomic E-state index is 0.804. The van der Waals surface area contributed by atoms with E-state index in [9.17, 15) is 0 Å². The lowest BCUT2D eigenvalue weighted by atomic mass is 10.0. The Morgan fingerprint density at radius 2 is 1.52 bits per heavy atom. The molecule has 0 atom stereocenters. The van der Waals surface area contributed by atoms with Gasteiger partial charge in [0.15, 0.2) is 0 Å². The van der Waals surface area contributed by atoms with Crippen LogP contribution in [0, 0.1) is 0 Å². The van der Waals surface area contributed by atoms with Gasteiger partial charge < -0.3 is 4.90 Å². The first-order valence-corrected chi connectivity index (χ1v) is 8.29. The third-order valence-corrected chi connectivity index (χ3v) is 4.05. The molecule has 2 aromatic heterocycles. The van der Waals surface area contributed by atoms with Gasteiger partial charge in [-0.15, -0.1) is 0 Å². The first-order valence-electron chi connectivity index (χ1n) is 8.29. The maximum absolute atomic E-state index is 4.49. The molecule has 3 rings (SSSR count). The Labute approximate surface area is 149 Å². The summed E-state index contributed by atoms with van der Waals surface area (Å²) in [4.78, 5) is 11.1. The van der Waals surface area contributed by atoms with Gasteiger partial charge in [-0.25, -0.2) is 0 Å². The van der Waals surface area contributed by atoms with Crippen LogP contribution in [0.5, 0.6) is 0 Å². The second kappa shape index (κ2) is 7.58. The van der Waals surface area contributed by atoms with Crippen LogP contribution < -0.4 is 4.90 Å². The normalized spacial score (nSPS) is 10.3. The molecule has 0 spiro atoms. The van der Waals surface area contributed by atoms with Crippen LogP contribution in [0.15, 0.2) is 91.9 Å². The number of allylic oxidation sites excluding steroid dienone is 1. The lowest BCUT2D eigenvalue weighted by Crippen LogP contribution is -2.20. The largest absolute Gasteiger partial charge is 0.342 e. The maximum Gasteiger partial charge on any atom is 0.0702 e. The molecule has 25 heavy (non-hydrogen) atoms. The lowest BCUT2D eigenvalue weighted by molar-refractivity contribution is 0.983. The number of hydrogen-bond acceptors (Lipinski definition) is 3. The minimum absolute atomic E-state index is 0.804. The number of benzene rings is 1. The van der Waals surface area contributed by atoms with Crippen molar-refractivity contribution in [3.8, 4) is 22.5 Å². The standard InChI is InChI=1S/C22H21N3/c1-4-17(3)25(5-2)20-15-18(21-10-6-8-12-23-21)14-19(16-20)22-11-7-9-13-24-22/h4,6-16H,1,3,5H2,2H3. The molecule has 0 aliphatic heterocycles. The van der Waals surface area contributed by atoms with E-state index in [4.69, 9.17) is 0 Å². The van der Waals surface area contributed by atoms with Crippen LogP contribution in [0.2, 0.25) is 0 Å². The molecular weight excluding hydrogens is 306 g/mol. The Kier molecular flexibility index (Phi) is 5.05. The average Bonchev–Trinajstić information content (AvgIpc) is 2.69. The summed E-state index contributed by atoms with van der Waals surface area (Å²) in [5, 5.41) is 0. The van der Waals surface area contributed by atoms with E-state index in [0.717, 1.165) is 40.4 Å². The average molecular weight is 327 g/mol. The maximum atomic E-state index is 4.49. The van der Waals surface area contributed by atoms with Gasteiger partial charge in [0.2, 0.25) is 0 Å². The number of likely N-dealkylation sites (N-methyl/N-ethyl adjacent to an activating group) is 1. The molecule has 0 aliphatic rings. The molecule has 0 saturated heterocycles. The van der Waals surface area contributed by atoms with Gasteiger partial charge >= 0.3 is 0 Å². The summed E-state index contributed by atoms with van der Waals surface area (Å²) in [6.45, 7) is 10.9. The predicted molar refractivity (Wildman–Crippen MR) is 105 cm³/mol. The molecule has 1 aromatic carbocycles. The van der Waals surface area contributed by atoms with Gasteiger partial charge in [0.05, 0.1) is 11.4 Å². The molecule has 3 nitrogen and oxygen atoms in total. The second-order valence-corrected chi connectivity index (χ2v) is 5.64. The van der Waals surface area contributed by atoms with E-state index < -0.39 is 0 Å². The number of rotatable bonds is 6. The summed E-state index contributed by atoms with van der Waals surface area (Å²) < 4.78 is 0. The molecule has 0 unspecified atom stereocenters. The highest BCUT2D eigenvalue weighted by Gasteiger charge is 2.12. The third-order valence-electron chi connectivity index (χ3n) is 4.05. The Morgan fingerprint density at radius 3 is 1.92 bits per heavy atom. The van der Waals surface area contributed by atoms with Crippen molar-refractivity contribution in [2.45, 2.75) is 6.92 Å². The first-order chi connectivity index (χ1) is 12.2. The highest BCUT2D eigenvalue weighted by molar-refractivity contribution is 5.76. The Bertz CT molecular complexity index is 813. The van der Waals surface area contributed by atoms with Gasteiger partial charge in [0.1, 0.15) is 0 Å². The van der Waals surface area contributed by atoms with Crippen molar-refractivity contribution in [3.05, 3.63) is 91.9 Å². The molecule has 3 heteroatoms. The summed E-state index contributed by atoms with van der Waals surface area (Å²) in [7, 11) is 0. The van der Waals surface area contributed by atoms with Crippen molar-refractivity contribution in [3.63, 3.8) is 0 Å². The molecule has 0 N–H and O–H groups in total. The second-order valence-electron chi connectivity index (χ2n) is 5.64. The topological polar surface area (TPSA) is 29.0 Å². The van der Waals surface area contributed by atoms with E-state index in [0.29, 0.717) is 0 Å². The Balaban J connectivity index is 2.18.